The van der Waals surface area contributed by atoms with Gasteiger partial charge in [-0.15, -0.1) is 0 Å². The quantitative estimate of drug-likeness (QED) is 0.490. The van der Waals surface area contributed by atoms with Gasteiger partial charge in [0.2, 0.25) is 5.88 Å². The second-order valence-electron chi connectivity index (χ2n) is 4.19. The van der Waals surface area contributed by atoms with Gasteiger partial charge < -0.3 is 29.6 Å². The number of aromatic nitrogens is 1. The number of ether oxygens (including phenoxy) is 4. The van der Waals surface area contributed by atoms with Gasteiger partial charge in [-0.05, 0) is 13.0 Å². The van der Waals surface area contributed by atoms with Crippen LogP contribution in [0.3, 0.4) is 0 Å². The van der Waals surface area contributed by atoms with Gasteiger partial charge in [-0.2, -0.15) is 4.98 Å². The van der Waals surface area contributed by atoms with Gasteiger partial charge in [0.15, 0.2) is 12.1 Å². The number of nitrogens with one attached hydrogen (secondary N) is 2. The summed E-state index contributed by atoms with van der Waals surface area (Å²) in [6.07, 6.45) is -0.411. The highest BCUT2D eigenvalue weighted by Gasteiger charge is 2.11. The fourth-order valence-electron chi connectivity index (χ4n) is 1.65. The average molecular weight is 313 g/mol. The second kappa shape index (κ2) is 9.80. The Hall–Kier alpha value is -2.06. The van der Waals surface area contributed by atoms with Crippen LogP contribution in [0.2, 0.25) is 0 Å². The van der Waals surface area contributed by atoms with Gasteiger partial charge in [0.25, 0.3) is 0 Å². The Morgan fingerprint density at radius 3 is 2.55 bits per heavy atom. The van der Waals surface area contributed by atoms with E-state index < -0.39 is 6.29 Å². The van der Waals surface area contributed by atoms with E-state index in [9.17, 15) is 4.79 Å². The molecule has 0 spiro atoms. The van der Waals surface area contributed by atoms with Crippen LogP contribution < -0.4 is 15.4 Å². The molecule has 0 amide bonds. The molecule has 22 heavy (non-hydrogen) atoms. The Kier molecular flexibility index (Phi) is 8.01. The number of pyridine rings is 1. The van der Waals surface area contributed by atoms with Crippen LogP contribution in [0.4, 0.5) is 11.5 Å². The molecule has 0 aliphatic heterocycles. The van der Waals surface area contributed by atoms with Crippen LogP contribution in [0.15, 0.2) is 12.1 Å². The number of hydrogen-bond acceptors (Lipinski definition) is 8. The first-order valence-corrected chi connectivity index (χ1v) is 6.88. The number of anilines is 2. The molecule has 8 heteroatoms. The third-order valence-corrected chi connectivity index (χ3v) is 2.77. The number of carbonyl (C=O) groups is 1. The van der Waals surface area contributed by atoms with Gasteiger partial charge in [0, 0.05) is 20.3 Å². The summed E-state index contributed by atoms with van der Waals surface area (Å²) in [6, 6.07) is 3.46. The number of carbonyl (C=O) groups excluding carboxylic acids is 1. The van der Waals surface area contributed by atoms with Gasteiger partial charge in [0.05, 0.1) is 25.9 Å². The number of hydrogen-bond donors (Lipinski definition) is 2. The lowest BCUT2D eigenvalue weighted by Crippen LogP contribution is -2.25. The standard InChI is InChI=1S/C14H23N3O5/c1-5-22-12(18)8-15-10-6-7-11(19-2)17-14(10)16-9-13(20-3)21-4/h6-7,13,15H,5,8-9H2,1-4H3,(H,16,17). The third kappa shape index (κ3) is 5.74. The normalized spacial score (nSPS) is 10.4. The fraction of sp³-hybridized carbons (Fsp3) is 0.571. The summed E-state index contributed by atoms with van der Waals surface area (Å²) < 4.78 is 20.2. The van der Waals surface area contributed by atoms with Crippen LogP contribution >= 0.6 is 0 Å². The molecule has 0 radical (unpaired) electrons. The highest BCUT2D eigenvalue weighted by molar-refractivity contribution is 5.77. The first-order chi connectivity index (χ1) is 10.6. The molecule has 1 aromatic rings. The summed E-state index contributed by atoms with van der Waals surface area (Å²) >= 11 is 0. The summed E-state index contributed by atoms with van der Waals surface area (Å²) in [5, 5.41) is 6.06. The van der Waals surface area contributed by atoms with Gasteiger partial charge in [0.1, 0.15) is 6.54 Å². The zero-order valence-corrected chi connectivity index (χ0v) is 13.3. The van der Waals surface area contributed by atoms with Crippen molar-refractivity contribution in [2.45, 2.75) is 13.2 Å². The largest absolute Gasteiger partial charge is 0.481 e. The molecule has 1 heterocycles. The lowest BCUT2D eigenvalue weighted by Gasteiger charge is -2.17. The predicted molar refractivity (Wildman–Crippen MR) is 82.2 cm³/mol. The Bertz CT molecular complexity index is 466. The molecule has 0 aromatic carbocycles. The maximum atomic E-state index is 11.4. The van der Waals surface area contributed by atoms with E-state index >= 15 is 0 Å². The van der Waals surface area contributed by atoms with E-state index in [1.807, 2.05) is 0 Å². The van der Waals surface area contributed by atoms with E-state index in [-0.39, 0.29) is 12.5 Å². The number of esters is 1. The topological polar surface area (TPSA) is 90.9 Å². The molecular formula is C14H23N3O5. The van der Waals surface area contributed by atoms with Crippen molar-refractivity contribution in [1.29, 1.82) is 0 Å². The minimum Gasteiger partial charge on any atom is -0.481 e. The first kappa shape index (κ1) is 18.0. The van der Waals surface area contributed by atoms with E-state index in [1.54, 1.807) is 33.3 Å². The molecule has 1 aromatic heterocycles. The highest BCUT2D eigenvalue weighted by atomic mass is 16.7. The van der Waals surface area contributed by atoms with Crippen LogP contribution in [-0.4, -0.2) is 58.3 Å². The molecule has 0 saturated heterocycles. The SMILES string of the molecule is CCOC(=O)CNc1ccc(OC)nc1NCC(OC)OC. The third-order valence-electron chi connectivity index (χ3n) is 2.77. The van der Waals surface area contributed by atoms with Gasteiger partial charge in [-0.3, -0.25) is 4.79 Å². The molecule has 0 aliphatic carbocycles. The molecule has 0 bridgehead atoms. The molecule has 0 saturated carbocycles. The lowest BCUT2D eigenvalue weighted by atomic mass is 10.3. The van der Waals surface area contributed by atoms with Crippen molar-refractivity contribution in [3.8, 4) is 5.88 Å². The molecule has 124 valence electrons. The second-order valence-corrected chi connectivity index (χ2v) is 4.19. The van der Waals surface area contributed by atoms with Crippen molar-refractivity contribution in [1.82, 2.24) is 4.98 Å². The number of rotatable bonds is 10. The summed E-state index contributed by atoms with van der Waals surface area (Å²) in [5.41, 5.74) is 0.653. The zero-order valence-electron chi connectivity index (χ0n) is 13.3. The molecule has 0 unspecified atom stereocenters. The molecule has 8 nitrogen and oxygen atoms in total. The maximum Gasteiger partial charge on any atom is 0.325 e. The summed E-state index contributed by atoms with van der Waals surface area (Å²) in [7, 11) is 4.63. The van der Waals surface area contributed by atoms with Crippen molar-refractivity contribution >= 4 is 17.5 Å². The lowest BCUT2D eigenvalue weighted by molar-refractivity contribution is -0.140. The predicted octanol–water partition coefficient (Wildman–Crippen LogP) is 1.10. The van der Waals surface area contributed by atoms with Crippen molar-refractivity contribution in [3.05, 3.63) is 12.1 Å². The fourth-order valence-corrected chi connectivity index (χ4v) is 1.65. The number of methoxy groups -OCH3 is 3. The van der Waals surface area contributed by atoms with E-state index in [1.165, 1.54) is 7.11 Å². The Morgan fingerprint density at radius 1 is 1.23 bits per heavy atom. The van der Waals surface area contributed by atoms with Crippen molar-refractivity contribution in [3.63, 3.8) is 0 Å². The van der Waals surface area contributed by atoms with E-state index in [0.717, 1.165) is 0 Å². The molecule has 0 atom stereocenters. The van der Waals surface area contributed by atoms with Gasteiger partial charge in [-0.1, -0.05) is 0 Å². The van der Waals surface area contributed by atoms with Crippen LogP contribution in [0.25, 0.3) is 0 Å². The zero-order chi connectivity index (χ0) is 16.4. The summed E-state index contributed by atoms with van der Waals surface area (Å²) in [4.78, 5) is 15.7. The average Bonchev–Trinajstić information content (AvgIpc) is 2.54. The Balaban J connectivity index is 2.75. The van der Waals surface area contributed by atoms with Crippen LogP contribution in [0.1, 0.15) is 6.92 Å². The van der Waals surface area contributed by atoms with E-state index in [4.69, 9.17) is 18.9 Å². The minimum absolute atomic E-state index is 0.0501. The van der Waals surface area contributed by atoms with E-state index in [2.05, 4.69) is 15.6 Å². The van der Waals surface area contributed by atoms with Gasteiger partial charge >= 0.3 is 5.97 Å². The van der Waals surface area contributed by atoms with Gasteiger partial charge in [-0.25, -0.2) is 0 Å². The summed E-state index contributed by atoms with van der Waals surface area (Å²) in [5.74, 6) is 0.647. The van der Waals surface area contributed by atoms with Crippen molar-refractivity contribution < 1.29 is 23.7 Å². The summed E-state index contributed by atoms with van der Waals surface area (Å²) in [6.45, 7) is 2.54. The molecule has 0 aliphatic rings. The Labute approximate surface area is 130 Å². The number of nitrogens with zero attached hydrogens (tertiary/aromatic N) is 1. The Morgan fingerprint density at radius 2 is 1.95 bits per heavy atom. The molecule has 0 fully saturated rings. The smallest absolute Gasteiger partial charge is 0.325 e. The molecule has 1 rings (SSSR count). The van der Waals surface area contributed by atoms with Crippen LogP contribution in [0, 0.1) is 0 Å². The van der Waals surface area contributed by atoms with Crippen LogP contribution in [-0.2, 0) is 19.0 Å². The van der Waals surface area contributed by atoms with Crippen molar-refractivity contribution in [2.24, 2.45) is 0 Å². The van der Waals surface area contributed by atoms with Crippen LogP contribution in [0.5, 0.6) is 5.88 Å². The van der Waals surface area contributed by atoms with Crippen molar-refractivity contribution in [2.75, 3.05) is 51.7 Å². The molecule has 2 N–H and O–H groups in total. The molecular weight excluding hydrogens is 290 g/mol. The van der Waals surface area contributed by atoms with E-state index in [0.29, 0.717) is 30.5 Å². The monoisotopic (exact) mass is 313 g/mol. The highest BCUT2D eigenvalue weighted by Crippen LogP contribution is 2.22. The maximum absolute atomic E-state index is 11.4. The minimum atomic E-state index is -0.411. The first-order valence-electron chi connectivity index (χ1n) is 6.88.